The number of rotatable bonds is 4. The number of fused-ring (bicyclic) bond motifs is 1. The van der Waals surface area contributed by atoms with Gasteiger partial charge in [-0.3, -0.25) is 4.79 Å². The second-order valence-electron chi connectivity index (χ2n) is 5.25. The van der Waals surface area contributed by atoms with Crippen molar-refractivity contribution in [2.24, 2.45) is 0 Å². The molecule has 0 aliphatic carbocycles. The fourth-order valence-corrected chi connectivity index (χ4v) is 2.84. The lowest BCUT2D eigenvalue weighted by Crippen LogP contribution is -2.27. The third kappa shape index (κ3) is 2.48. The monoisotopic (exact) mass is 316 g/mol. The highest BCUT2D eigenvalue weighted by molar-refractivity contribution is 6.34. The predicted molar refractivity (Wildman–Crippen MR) is 88.1 cm³/mol. The number of nitrogens with zero attached hydrogens (tertiary/aromatic N) is 2. The predicted octanol–water partition coefficient (Wildman–Crippen LogP) is 3.69. The van der Waals surface area contributed by atoms with E-state index in [0.29, 0.717) is 10.7 Å². The van der Waals surface area contributed by atoms with E-state index in [-0.39, 0.29) is 5.91 Å². The van der Waals surface area contributed by atoms with E-state index >= 15 is 0 Å². The van der Waals surface area contributed by atoms with E-state index in [1.807, 2.05) is 25.3 Å². The van der Waals surface area contributed by atoms with Gasteiger partial charge in [0.15, 0.2) is 0 Å². The van der Waals surface area contributed by atoms with Gasteiger partial charge in [0.05, 0.1) is 5.02 Å². The molecule has 0 aliphatic rings. The second kappa shape index (κ2) is 5.85. The molecule has 0 spiro atoms. The van der Waals surface area contributed by atoms with Crippen LogP contribution in [0.1, 0.15) is 23.8 Å². The van der Waals surface area contributed by atoms with Crippen molar-refractivity contribution in [3.05, 3.63) is 41.4 Å². The van der Waals surface area contributed by atoms with Crippen molar-refractivity contribution in [2.75, 3.05) is 13.6 Å². The molecule has 0 fully saturated rings. The highest BCUT2D eigenvalue weighted by atomic mass is 35.5. The first-order chi connectivity index (χ1) is 10.6. The van der Waals surface area contributed by atoms with Crippen LogP contribution in [0, 0.1) is 0 Å². The van der Waals surface area contributed by atoms with E-state index in [2.05, 4.69) is 15.0 Å². The van der Waals surface area contributed by atoms with Crippen LogP contribution in [0.15, 0.2) is 30.7 Å². The van der Waals surface area contributed by atoms with Gasteiger partial charge in [-0.15, -0.1) is 0 Å². The molecule has 114 valence electrons. The molecule has 0 aromatic carbocycles. The molecular weight excluding hydrogens is 300 g/mol. The Labute approximate surface area is 133 Å². The van der Waals surface area contributed by atoms with Gasteiger partial charge >= 0.3 is 0 Å². The molecule has 0 radical (unpaired) electrons. The lowest BCUT2D eigenvalue weighted by atomic mass is 10.1. The van der Waals surface area contributed by atoms with Crippen LogP contribution in [-0.4, -0.2) is 39.4 Å². The van der Waals surface area contributed by atoms with E-state index in [1.54, 1.807) is 24.3 Å². The van der Waals surface area contributed by atoms with Gasteiger partial charge in [-0.25, -0.2) is 4.98 Å². The maximum Gasteiger partial charge on any atom is 0.270 e. The first-order valence-corrected chi connectivity index (χ1v) is 7.55. The number of amides is 1. The van der Waals surface area contributed by atoms with Gasteiger partial charge in [0.2, 0.25) is 0 Å². The highest BCUT2D eigenvalue weighted by Gasteiger charge is 2.16. The van der Waals surface area contributed by atoms with Gasteiger partial charge in [-0.1, -0.05) is 18.5 Å². The summed E-state index contributed by atoms with van der Waals surface area (Å²) >= 11 is 6.31. The second-order valence-corrected chi connectivity index (χ2v) is 5.66. The molecule has 0 bridgehead atoms. The van der Waals surface area contributed by atoms with Crippen LogP contribution in [0.4, 0.5) is 0 Å². The summed E-state index contributed by atoms with van der Waals surface area (Å²) in [5.41, 5.74) is 3.09. The first kappa shape index (κ1) is 14.7. The summed E-state index contributed by atoms with van der Waals surface area (Å²) in [6.07, 6.45) is 6.18. The number of hydrogen-bond donors (Lipinski definition) is 2. The maximum atomic E-state index is 12.3. The quantitative estimate of drug-likeness (QED) is 0.771. The fourth-order valence-electron chi connectivity index (χ4n) is 2.58. The number of halogens is 1. The van der Waals surface area contributed by atoms with Crippen molar-refractivity contribution in [1.29, 1.82) is 0 Å². The number of H-pyrrole nitrogens is 2. The number of aromatic nitrogens is 3. The van der Waals surface area contributed by atoms with Gasteiger partial charge in [0, 0.05) is 48.7 Å². The summed E-state index contributed by atoms with van der Waals surface area (Å²) in [6.45, 7) is 2.77. The summed E-state index contributed by atoms with van der Waals surface area (Å²) in [6, 6.07) is 3.77. The minimum absolute atomic E-state index is 0.0245. The van der Waals surface area contributed by atoms with E-state index < -0.39 is 0 Å². The van der Waals surface area contributed by atoms with Crippen molar-refractivity contribution in [2.45, 2.75) is 13.3 Å². The number of nitrogens with one attached hydrogen (secondary N) is 2. The van der Waals surface area contributed by atoms with Gasteiger partial charge < -0.3 is 14.9 Å². The highest BCUT2D eigenvalue weighted by Crippen LogP contribution is 2.34. The summed E-state index contributed by atoms with van der Waals surface area (Å²) < 4.78 is 0. The summed E-state index contributed by atoms with van der Waals surface area (Å²) in [5, 5.41) is 1.50. The standard InChI is InChI=1S/C16H17ClN4O/c1-3-6-21(2)16(22)13-7-10(8-19-13)14-11-4-5-18-15(11)20-9-12(14)17/h4-5,7-9,19H,3,6H2,1-2H3,(H,18,20). The Hall–Kier alpha value is -2.27. The lowest BCUT2D eigenvalue weighted by Gasteiger charge is -2.14. The number of hydrogen-bond acceptors (Lipinski definition) is 2. The molecule has 5 nitrogen and oxygen atoms in total. The Morgan fingerprint density at radius 1 is 1.41 bits per heavy atom. The van der Waals surface area contributed by atoms with Gasteiger partial charge in [0.1, 0.15) is 11.3 Å². The topological polar surface area (TPSA) is 64.8 Å². The zero-order valence-electron chi connectivity index (χ0n) is 12.5. The zero-order valence-corrected chi connectivity index (χ0v) is 13.2. The smallest absolute Gasteiger partial charge is 0.270 e. The number of aromatic amines is 2. The molecule has 6 heteroatoms. The van der Waals surface area contributed by atoms with Crippen molar-refractivity contribution >= 4 is 28.5 Å². The fraction of sp³-hybridized carbons (Fsp3) is 0.250. The molecule has 3 aromatic rings. The summed E-state index contributed by atoms with van der Waals surface area (Å²) in [7, 11) is 1.80. The van der Waals surface area contributed by atoms with Crippen LogP contribution in [0.3, 0.4) is 0 Å². The SMILES string of the molecule is CCCN(C)C(=O)c1cc(-c2c(Cl)cnc3[nH]ccc23)c[nH]1. The maximum absolute atomic E-state index is 12.3. The van der Waals surface area contributed by atoms with Crippen LogP contribution in [0.5, 0.6) is 0 Å². The van der Waals surface area contributed by atoms with Crippen LogP contribution in [-0.2, 0) is 0 Å². The molecule has 0 unspecified atom stereocenters. The van der Waals surface area contributed by atoms with E-state index in [4.69, 9.17) is 11.6 Å². The normalized spacial score (nSPS) is 11.0. The van der Waals surface area contributed by atoms with E-state index in [1.165, 1.54) is 0 Å². The van der Waals surface area contributed by atoms with Gasteiger partial charge in [-0.05, 0) is 18.6 Å². The minimum atomic E-state index is -0.0245. The van der Waals surface area contributed by atoms with Crippen LogP contribution in [0.25, 0.3) is 22.2 Å². The molecule has 1 amide bonds. The molecule has 0 saturated heterocycles. The molecular formula is C16H17ClN4O. The zero-order chi connectivity index (χ0) is 15.7. The molecule has 0 aliphatic heterocycles. The number of pyridine rings is 1. The molecule has 3 aromatic heterocycles. The van der Waals surface area contributed by atoms with E-state index in [0.717, 1.165) is 35.1 Å². The van der Waals surface area contributed by atoms with Crippen molar-refractivity contribution in [1.82, 2.24) is 19.9 Å². The Morgan fingerprint density at radius 2 is 2.23 bits per heavy atom. The van der Waals surface area contributed by atoms with E-state index in [9.17, 15) is 4.79 Å². The third-order valence-electron chi connectivity index (χ3n) is 3.65. The molecule has 2 N–H and O–H groups in total. The Morgan fingerprint density at radius 3 is 3.00 bits per heavy atom. The molecule has 22 heavy (non-hydrogen) atoms. The average Bonchev–Trinajstić information content (AvgIpc) is 3.15. The van der Waals surface area contributed by atoms with Crippen LogP contribution < -0.4 is 0 Å². The first-order valence-electron chi connectivity index (χ1n) is 7.17. The van der Waals surface area contributed by atoms with Crippen molar-refractivity contribution < 1.29 is 4.79 Å². The van der Waals surface area contributed by atoms with Crippen LogP contribution >= 0.6 is 11.6 Å². The minimum Gasteiger partial charge on any atom is -0.357 e. The summed E-state index contributed by atoms with van der Waals surface area (Å²) in [5.74, 6) is -0.0245. The Balaban J connectivity index is 2.01. The summed E-state index contributed by atoms with van der Waals surface area (Å²) in [4.78, 5) is 24.4. The molecule has 3 rings (SSSR count). The van der Waals surface area contributed by atoms with Gasteiger partial charge in [-0.2, -0.15) is 0 Å². The van der Waals surface area contributed by atoms with Crippen molar-refractivity contribution in [3.8, 4) is 11.1 Å². The Kier molecular flexibility index (Phi) is 3.90. The molecule has 3 heterocycles. The third-order valence-corrected chi connectivity index (χ3v) is 3.93. The Bertz CT molecular complexity index is 821. The largest absolute Gasteiger partial charge is 0.357 e. The molecule has 0 atom stereocenters. The van der Waals surface area contributed by atoms with Gasteiger partial charge in [0.25, 0.3) is 5.91 Å². The van der Waals surface area contributed by atoms with Crippen LogP contribution in [0.2, 0.25) is 5.02 Å². The number of carbonyl (C=O) groups is 1. The average molecular weight is 317 g/mol. The lowest BCUT2D eigenvalue weighted by molar-refractivity contribution is 0.0790. The van der Waals surface area contributed by atoms with Crippen molar-refractivity contribution in [3.63, 3.8) is 0 Å². The molecule has 0 saturated carbocycles. The number of carbonyl (C=O) groups excluding carboxylic acids is 1.